The number of methoxy groups -OCH3 is 2. The third-order valence-electron chi connectivity index (χ3n) is 5.18. The minimum atomic E-state index is -0.233. The summed E-state index contributed by atoms with van der Waals surface area (Å²) in [5, 5.41) is 6.95. The molecule has 31 heavy (non-hydrogen) atoms. The highest BCUT2D eigenvalue weighted by molar-refractivity contribution is 5.95. The second kappa shape index (κ2) is 9.55. The molecule has 1 amide bonds. The van der Waals surface area contributed by atoms with Crippen molar-refractivity contribution < 1.29 is 23.5 Å². The van der Waals surface area contributed by atoms with Gasteiger partial charge in [0.15, 0.2) is 11.5 Å². The van der Waals surface area contributed by atoms with Crippen molar-refractivity contribution in [2.45, 2.75) is 40.3 Å². The minimum absolute atomic E-state index is 0.216. The fraction of sp³-hybridized carbons (Fsp3) is 0.333. The normalized spacial score (nSPS) is 11.7. The van der Waals surface area contributed by atoms with Crippen LogP contribution in [0.25, 0.3) is 0 Å². The molecule has 0 aliphatic heterocycles. The van der Waals surface area contributed by atoms with Crippen LogP contribution in [0.5, 0.6) is 17.2 Å². The number of nitrogens with one attached hydrogen (secondary N) is 1. The highest BCUT2D eigenvalue weighted by atomic mass is 16.5. The summed E-state index contributed by atoms with van der Waals surface area (Å²) in [5.41, 5.74) is 4.17. The number of carbonyl (C=O) groups is 1. The predicted octanol–water partition coefficient (Wildman–Crippen LogP) is 4.69. The van der Waals surface area contributed by atoms with E-state index in [1.54, 1.807) is 32.4 Å². The zero-order valence-electron chi connectivity index (χ0n) is 18.7. The molecule has 0 bridgehead atoms. The van der Waals surface area contributed by atoms with Gasteiger partial charge in [-0.2, -0.15) is 0 Å². The molecule has 0 aliphatic carbocycles. The number of amides is 1. The van der Waals surface area contributed by atoms with Crippen LogP contribution >= 0.6 is 0 Å². The van der Waals surface area contributed by atoms with Crippen LogP contribution in [0, 0.1) is 20.8 Å². The number of benzene rings is 2. The summed E-state index contributed by atoms with van der Waals surface area (Å²) in [6.45, 7) is 7.93. The molecule has 1 heterocycles. The Hall–Kier alpha value is -3.48. The van der Waals surface area contributed by atoms with Gasteiger partial charge in [0.2, 0.25) is 0 Å². The molecule has 7 heteroatoms. The lowest BCUT2D eigenvalue weighted by Gasteiger charge is -2.18. The minimum Gasteiger partial charge on any atom is -0.496 e. The van der Waals surface area contributed by atoms with Gasteiger partial charge in [-0.15, -0.1) is 0 Å². The zero-order chi connectivity index (χ0) is 22.5. The molecule has 0 spiro atoms. The molecule has 1 unspecified atom stereocenters. The molecule has 0 radical (unpaired) electrons. The first-order valence-corrected chi connectivity index (χ1v) is 10.0. The summed E-state index contributed by atoms with van der Waals surface area (Å²) < 4.78 is 21.9. The Balaban J connectivity index is 1.74. The van der Waals surface area contributed by atoms with Gasteiger partial charge in [-0.1, -0.05) is 22.9 Å². The smallest absolute Gasteiger partial charge is 0.251 e. The average molecular weight is 424 g/mol. The topological polar surface area (TPSA) is 82.8 Å². The Kier molecular flexibility index (Phi) is 6.84. The van der Waals surface area contributed by atoms with Crippen molar-refractivity contribution in [3.8, 4) is 17.2 Å². The van der Waals surface area contributed by atoms with Gasteiger partial charge in [-0.25, -0.2) is 0 Å². The van der Waals surface area contributed by atoms with Crippen LogP contribution in [0.15, 0.2) is 40.9 Å². The summed E-state index contributed by atoms with van der Waals surface area (Å²) in [6, 6.07) is 10.8. The van der Waals surface area contributed by atoms with Gasteiger partial charge in [0.05, 0.1) is 31.5 Å². The van der Waals surface area contributed by atoms with Crippen LogP contribution in [0.3, 0.4) is 0 Å². The van der Waals surface area contributed by atoms with Gasteiger partial charge in [0.1, 0.15) is 18.1 Å². The summed E-state index contributed by atoms with van der Waals surface area (Å²) in [4.78, 5) is 12.9. The Morgan fingerprint density at radius 1 is 1.03 bits per heavy atom. The molecular weight excluding hydrogens is 396 g/mol. The maximum atomic E-state index is 12.9. The quantitative estimate of drug-likeness (QED) is 0.565. The van der Waals surface area contributed by atoms with Crippen LogP contribution in [0.2, 0.25) is 0 Å². The van der Waals surface area contributed by atoms with Gasteiger partial charge in [-0.3, -0.25) is 4.79 Å². The molecule has 3 rings (SSSR count). The number of ether oxygens (including phenoxy) is 3. The predicted molar refractivity (Wildman–Crippen MR) is 117 cm³/mol. The standard InChI is InChI=1S/C24H28N2O5/c1-14-7-9-21(28-5)19(11-14)15(2)25-24(27)18-8-10-22(23(12-18)29-6)30-13-20-16(3)26-31-17(20)4/h7-12,15H,13H2,1-6H3,(H,25,27). The number of aromatic nitrogens is 1. The molecule has 3 aromatic rings. The molecule has 0 aliphatic rings. The number of aryl methyl sites for hydroxylation is 3. The highest BCUT2D eigenvalue weighted by Gasteiger charge is 2.18. The molecular formula is C24H28N2O5. The van der Waals surface area contributed by atoms with Crippen molar-refractivity contribution in [3.63, 3.8) is 0 Å². The summed E-state index contributed by atoms with van der Waals surface area (Å²) in [7, 11) is 3.16. The van der Waals surface area contributed by atoms with E-state index in [4.69, 9.17) is 18.7 Å². The second-order valence-corrected chi connectivity index (χ2v) is 7.40. The molecule has 0 saturated heterocycles. The summed E-state index contributed by atoms with van der Waals surface area (Å²) in [5.74, 6) is 2.24. The molecule has 7 nitrogen and oxygen atoms in total. The molecule has 2 aromatic carbocycles. The van der Waals surface area contributed by atoms with Crippen molar-refractivity contribution in [1.82, 2.24) is 10.5 Å². The van der Waals surface area contributed by atoms with E-state index in [-0.39, 0.29) is 11.9 Å². The molecule has 1 aromatic heterocycles. The SMILES string of the molecule is COc1cc(C(=O)NC(C)c2cc(C)ccc2OC)ccc1OCc1c(C)noc1C. The first-order valence-electron chi connectivity index (χ1n) is 10.0. The molecule has 0 fully saturated rings. The fourth-order valence-electron chi connectivity index (χ4n) is 3.34. The van der Waals surface area contributed by atoms with Crippen LogP contribution in [0.1, 0.15) is 51.5 Å². The number of hydrogen-bond acceptors (Lipinski definition) is 6. The third-order valence-corrected chi connectivity index (χ3v) is 5.18. The lowest BCUT2D eigenvalue weighted by Crippen LogP contribution is -2.27. The van der Waals surface area contributed by atoms with Crippen LogP contribution < -0.4 is 19.5 Å². The first kappa shape index (κ1) is 22.2. The van der Waals surface area contributed by atoms with E-state index in [1.807, 2.05) is 45.9 Å². The van der Waals surface area contributed by atoms with Crippen molar-refractivity contribution in [1.29, 1.82) is 0 Å². The maximum Gasteiger partial charge on any atom is 0.251 e. The monoisotopic (exact) mass is 424 g/mol. The largest absolute Gasteiger partial charge is 0.496 e. The van der Waals surface area contributed by atoms with Crippen molar-refractivity contribution >= 4 is 5.91 Å². The van der Waals surface area contributed by atoms with Crippen molar-refractivity contribution in [2.75, 3.05) is 14.2 Å². The number of nitrogens with zero attached hydrogens (tertiary/aromatic N) is 1. The Labute approximate surface area is 182 Å². The molecule has 1 N–H and O–H groups in total. The van der Waals surface area contributed by atoms with Crippen molar-refractivity contribution in [3.05, 3.63) is 70.1 Å². The second-order valence-electron chi connectivity index (χ2n) is 7.40. The van der Waals surface area contributed by atoms with E-state index in [1.165, 1.54) is 0 Å². The Morgan fingerprint density at radius 3 is 2.39 bits per heavy atom. The van der Waals surface area contributed by atoms with Crippen LogP contribution in [-0.2, 0) is 6.61 Å². The highest BCUT2D eigenvalue weighted by Crippen LogP contribution is 2.30. The summed E-state index contributed by atoms with van der Waals surface area (Å²) in [6.07, 6.45) is 0. The Bertz CT molecular complexity index is 1050. The van der Waals surface area contributed by atoms with E-state index in [0.717, 1.165) is 28.1 Å². The Morgan fingerprint density at radius 2 is 1.74 bits per heavy atom. The molecule has 1 atom stereocenters. The maximum absolute atomic E-state index is 12.9. The van der Waals surface area contributed by atoms with Gasteiger partial charge >= 0.3 is 0 Å². The first-order chi connectivity index (χ1) is 14.8. The number of carbonyl (C=O) groups excluding carboxylic acids is 1. The average Bonchev–Trinajstić information content (AvgIpc) is 3.09. The zero-order valence-corrected chi connectivity index (χ0v) is 18.7. The van der Waals surface area contributed by atoms with Gasteiger partial charge < -0.3 is 24.1 Å². The van der Waals surface area contributed by atoms with E-state index in [0.29, 0.717) is 29.4 Å². The van der Waals surface area contributed by atoms with E-state index in [9.17, 15) is 4.79 Å². The van der Waals surface area contributed by atoms with E-state index in [2.05, 4.69) is 10.5 Å². The van der Waals surface area contributed by atoms with Crippen LogP contribution in [0.4, 0.5) is 0 Å². The van der Waals surface area contributed by atoms with Crippen LogP contribution in [-0.4, -0.2) is 25.3 Å². The van der Waals surface area contributed by atoms with Gasteiger partial charge in [-0.05, 0) is 52.0 Å². The summed E-state index contributed by atoms with van der Waals surface area (Å²) >= 11 is 0. The number of rotatable bonds is 8. The lowest BCUT2D eigenvalue weighted by molar-refractivity contribution is 0.0939. The molecule has 0 saturated carbocycles. The number of hydrogen-bond donors (Lipinski definition) is 1. The van der Waals surface area contributed by atoms with Gasteiger partial charge in [0, 0.05) is 11.1 Å². The van der Waals surface area contributed by atoms with Gasteiger partial charge in [0.25, 0.3) is 5.91 Å². The molecule has 164 valence electrons. The third kappa shape index (κ3) is 4.99. The van der Waals surface area contributed by atoms with E-state index >= 15 is 0 Å². The lowest BCUT2D eigenvalue weighted by atomic mass is 10.0. The van der Waals surface area contributed by atoms with Crippen molar-refractivity contribution in [2.24, 2.45) is 0 Å². The van der Waals surface area contributed by atoms with E-state index < -0.39 is 0 Å². The fourth-order valence-corrected chi connectivity index (χ4v) is 3.34.